The van der Waals surface area contributed by atoms with E-state index in [-0.39, 0.29) is 5.69 Å². The third kappa shape index (κ3) is 4.45. The second-order valence-electron chi connectivity index (χ2n) is 6.56. The van der Waals surface area contributed by atoms with E-state index in [1.807, 2.05) is 48.5 Å². The number of nitrogens with one attached hydrogen (secondary N) is 2. The van der Waals surface area contributed by atoms with Gasteiger partial charge >= 0.3 is 0 Å². The predicted octanol–water partition coefficient (Wildman–Crippen LogP) is 5.04. The Labute approximate surface area is 177 Å². The molecule has 4 rings (SSSR count). The molecule has 2 N–H and O–H groups in total. The molecule has 0 unspecified atom stereocenters. The number of nitro groups is 1. The van der Waals surface area contributed by atoms with Gasteiger partial charge in [0.25, 0.3) is 5.69 Å². The number of non-ortho nitro benzene ring substituents is 1. The molecule has 0 aliphatic rings. The van der Waals surface area contributed by atoms with Gasteiger partial charge in [-0.15, -0.1) is 0 Å². The van der Waals surface area contributed by atoms with Gasteiger partial charge in [0.1, 0.15) is 11.5 Å². The zero-order valence-electron chi connectivity index (χ0n) is 16.8. The van der Waals surface area contributed by atoms with Crippen LogP contribution in [0.4, 0.5) is 28.7 Å². The highest BCUT2D eigenvalue weighted by molar-refractivity contribution is 5.85. The van der Waals surface area contributed by atoms with Crippen molar-refractivity contribution in [2.45, 2.75) is 0 Å². The van der Waals surface area contributed by atoms with Crippen LogP contribution < -0.4 is 20.1 Å². The number of nitrogens with zero attached hydrogens (tertiary/aromatic N) is 3. The lowest BCUT2D eigenvalue weighted by Gasteiger charge is -2.14. The van der Waals surface area contributed by atoms with Crippen molar-refractivity contribution in [3.8, 4) is 11.5 Å². The molecule has 0 atom stereocenters. The molecule has 0 fully saturated rings. The molecule has 31 heavy (non-hydrogen) atoms. The minimum absolute atomic E-state index is 0.0531. The first kappa shape index (κ1) is 19.9. The first-order chi connectivity index (χ1) is 15.1. The van der Waals surface area contributed by atoms with Crippen LogP contribution in [0.1, 0.15) is 0 Å². The summed E-state index contributed by atoms with van der Waals surface area (Å²) in [6.45, 7) is 0. The van der Waals surface area contributed by atoms with Crippen LogP contribution in [0, 0.1) is 10.1 Å². The molecule has 0 aliphatic heterocycles. The average molecular weight is 417 g/mol. The van der Waals surface area contributed by atoms with Crippen LogP contribution in [0.3, 0.4) is 0 Å². The Hall–Kier alpha value is -4.40. The summed E-state index contributed by atoms with van der Waals surface area (Å²) in [7, 11) is 3.18. The minimum Gasteiger partial charge on any atom is -0.497 e. The van der Waals surface area contributed by atoms with E-state index in [0.717, 1.165) is 11.4 Å². The van der Waals surface area contributed by atoms with Crippen molar-refractivity contribution in [1.29, 1.82) is 0 Å². The fraction of sp³-hybridized carbons (Fsp3) is 0.0909. The van der Waals surface area contributed by atoms with E-state index in [9.17, 15) is 10.1 Å². The van der Waals surface area contributed by atoms with Crippen LogP contribution in [-0.4, -0.2) is 29.1 Å². The molecule has 0 radical (unpaired) electrons. The summed E-state index contributed by atoms with van der Waals surface area (Å²) in [6.07, 6.45) is 0. The lowest BCUT2D eigenvalue weighted by atomic mass is 10.2. The fourth-order valence-corrected chi connectivity index (χ4v) is 3.01. The number of rotatable bonds is 7. The molecule has 156 valence electrons. The molecule has 0 spiro atoms. The van der Waals surface area contributed by atoms with E-state index < -0.39 is 4.92 Å². The third-order valence-corrected chi connectivity index (χ3v) is 4.52. The lowest BCUT2D eigenvalue weighted by molar-refractivity contribution is -0.384. The number of methoxy groups -OCH3 is 2. The number of benzene rings is 3. The highest BCUT2D eigenvalue weighted by atomic mass is 16.6. The molecule has 0 saturated carbocycles. The van der Waals surface area contributed by atoms with Crippen molar-refractivity contribution >= 4 is 39.7 Å². The van der Waals surface area contributed by atoms with Crippen molar-refractivity contribution in [2.75, 3.05) is 24.9 Å². The summed E-state index contributed by atoms with van der Waals surface area (Å²) in [4.78, 5) is 19.9. The van der Waals surface area contributed by atoms with Gasteiger partial charge in [-0.05, 0) is 30.3 Å². The van der Waals surface area contributed by atoms with Gasteiger partial charge in [0.15, 0.2) is 11.6 Å². The summed E-state index contributed by atoms with van der Waals surface area (Å²) in [5.41, 5.74) is 2.35. The van der Waals surface area contributed by atoms with Crippen molar-refractivity contribution in [2.24, 2.45) is 0 Å². The van der Waals surface area contributed by atoms with E-state index >= 15 is 0 Å². The molecule has 0 aliphatic carbocycles. The van der Waals surface area contributed by atoms with Gasteiger partial charge in [0, 0.05) is 35.6 Å². The number of hydrogen-bond acceptors (Lipinski definition) is 8. The van der Waals surface area contributed by atoms with Gasteiger partial charge in [-0.2, -0.15) is 0 Å². The number of anilines is 4. The standard InChI is InChI=1S/C22H19N5O4/c1-30-17-7-3-5-14(11-17)23-21-22(24-15-6-4-8-18(12-15)31-2)26-20-13-16(27(28)29)9-10-19(20)25-21/h3-13H,1-2H3,(H,23,25)(H,24,26). The Morgan fingerprint density at radius 2 is 1.32 bits per heavy atom. The number of aromatic nitrogens is 2. The number of fused-ring (bicyclic) bond motifs is 1. The molecule has 0 amide bonds. The van der Waals surface area contributed by atoms with Crippen LogP contribution in [0.25, 0.3) is 11.0 Å². The molecule has 1 aromatic heterocycles. The largest absolute Gasteiger partial charge is 0.497 e. The van der Waals surface area contributed by atoms with E-state index in [1.54, 1.807) is 20.3 Å². The smallest absolute Gasteiger partial charge is 0.271 e. The first-order valence-electron chi connectivity index (χ1n) is 9.34. The normalized spacial score (nSPS) is 10.5. The van der Waals surface area contributed by atoms with Crippen LogP contribution in [0.15, 0.2) is 66.7 Å². The third-order valence-electron chi connectivity index (χ3n) is 4.52. The average Bonchev–Trinajstić information content (AvgIpc) is 2.79. The Bertz CT molecular complexity index is 1260. The van der Waals surface area contributed by atoms with Crippen LogP contribution in [0.5, 0.6) is 11.5 Å². The van der Waals surface area contributed by atoms with Crippen molar-refractivity contribution in [3.05, 3.63) is 76.8 Å². The maximum Gasteiger partial charge on any atom is 0.271 e. The number of hydrogen-bond donors (Lipinski definition) is 2. The number of nitro benzene ring substituents is 1. The molecule has 9 nitrogen and oxygen atoms in total. The van der Waals surface area contributed by atoms with E-state index in [2.05, 4.69) is 20.6 Å². The maximum absolute atomic E-state index is 11.2. The monoisotopic (exact) mass is 417 g/mol. The summed E-state index contributed by atoms with van der Waals surface area (Å²) >= 11 is 0. The van der Waals surface area contributed by atoms with Gasteiger partial charge < -0.3 is 20.1 Å². The predicted molar refractivity (Wildman–Crippen MR) is 119 cm³/mol. The summed E-state index contributed by atoms with van der Waals surface area (Å²) in [5.74, 6) is 2.23. The zero-order valence-corrected chi connectivity index (χ0v) is 16.8. The van der Waals surface area contributed by atoms with Crippen molar-refractivity contribution in [3.63, 3.8) is 0 Å². The Kier molecular flexibility index (Phi) is 5.48. The van der Waals surface area contributed by atoms with Gasteiger partial charge in [0.05, 0.1) is 30.2 Å². The summed E-state index contributed by atoms with van der Waals surface area (Å²) in [5, 5.41) is 17.6. The minimum atomic E-state index is -0.460. The van der Waals surface area contributed by atoms with Gasteiger partial charge in [-0.1, -0.05) is 12.1 Å². The van der Waals surface area contributed by atoms with E-state index in [1.165, 1.54) is 12.1 Å². The molecule has 4 aromatic rings. The van der Waals surface area contributed by atoms with Gasteiger partial charge in [0.2, 0.25) is 0 Å². The van der Waals surface area contributed by atoms with Gasteiger partial charge in [-0.3, -0.25) is 10.1 Å². The van der Waals surface area contributed by atoms with E-state index in [4.69, 9.17) is 9.47 Å². The van der Waals surface area contributed by atoms with Gasteiger partial charge in [-0.25, -0.2) is 9.97 Å². The van der Waals surface area contributed by atoms with Crippen molar-refractivity contribution < 1.29 is 14.4 Å². The first-order valence-corrected chi connectivity index (χ1v) is 9.34. The Morgan fingerprint density at radius 3 is 1.84 bits per heavy atom. The van der Waals surface area contributed by atoms with Crippen LogP contribution in [-0.2, 0) is 0 Å². The second-order valence-corrected chi connectivity index (χ2v) is 6.56. The lowest BCUT2D eigenvalue weighted by Crippen LogP contribution is -2.04. The van der Waals surface area contributed by atoms with Crippen LogP contribution in [0.2, 0.25) is 0 Å². The molecule has 0 saturated heterocycles. The number of ether oxygens (including phenoxy) is 2. The quantitative estimate of drug-likeness (QED) is 0.318. The highest BCUT2D eigenvalue weighted by Gasteiger charge is 2.14. The Morgan fingerprint density at radius 1 is 0.774 bits per heavy atom. The van der Waals surface area contributed by atoms with Crippen LogP contribution >= 0.6 is 0 Å². The SMILES string of the molecule is COc1cccc(Nc2nc3ccc([N+](=O)[O-])cc3nc2Nc2cccc(OC)c2)c1. The molecular weight excluding hydrogens is 398 g/mol. The summed E-state index contributed by atoms with van der Waals surface area (Å²) in [6, 6.07) is 19.1. The van der Waals surface area contributed by atoms with E-state index in [0.29, 0.717) is 34.2 Å². The second kappa shape index (κ2) is 8.54. The maximum atomic E-state index is 11.2. The molecular formula is C22H19N5O4. The Balaban J connectivity index is 1.79. The zero-order chi connectivity index (χ0) is 21.8. The molecule has 1 heterocycles. The fourth-order valence-electron chi connectivity index (χ4n) is 3.01. The highest BCUT2D eigenvalue weighted by Crippen LogP contribution is 2.30. The topological polar surface area (TPSA) is 111 Å². The molecule has 9 heteroatoms. The summed E-state index contributed by atoms with van der Waals surface area (Å²) < 4.78 is 10.6. The molecule has 3 aromatic carbocycles. The molecule has 0 bridgehead atoms. The van der Waals surface area contributed by atoms with Crippen molar-refractivity contribution in [1.82, 2.24) is 9.97 Å².